The van der Waals surface area contributed by atoms with Crippen LogP contribution in [0.1, 0.15) is 37.2 Å². The van der Waals surface area contributed by atoms with Crippen LogP contribution in [0.15, 0.2) is 24.3 Å². The summed E-state index contributed by atoms with van der Waals surface area (Å²) >= 11 is 0. The zero-order valence-corrected chi connectivity index (χ0v) is 9.95. The van der Waals surface area contributed by atoms with Crippen LogP contribution in [-0.2, 0) is 0 Å². The summed E-state index contributed by atoms with van der Waals surface area (Å²) in [5.74, 6) is 1.73. The third-order valence-electron chi connectivity index (χ3n) is 3.69. The van der Waals surface area contributed by atoms with Crippen LogP contribution in [0.2, 0.25) is 0 Å². The Bertz CT molecular complexity index is 331. The Labute approximate surface area is 97.7 Å². The van der Waals surface area contributed by atoms with Crippen molar-refractivity contribution >= 4 is 0 Å². The largest absolute Gasteiger partial charge is 0.508 e. The number of hydrogen-bond donors (Lipinski definition) is 2. The van der Waals surface area contributed by atoms with Gasteiger partial charge in [0.05, 0.1) is 0 Å². The van der Waals surface area contributed by atoms with Gasteiger partial charge in [-0.05, 0) is 49.4 Å². The van der Waals surface area contributed by atoms with Crippen molar-refractivity contribution in [1.82, 2.24) is 5.32 Å². The van der Waals surface area contributed by atoms with E-state index in [0.717, 1.165) is 12.5 Å². The molecule has 0 radical (unpaired) electrons. The Morgan fingerprint density at radius 3 is 2.75 bits per heavy atom. The first-order valence-corrected chi connectivity index (χ1v) is 6.25. The fourth-order valence-electron chi connectivity index (χ4n) is 2.89. The molecule has 1 saturated carbocycles. The standard InChI is InChI=1S/C14H21NO/c1-15-10-14(11-5-2-3-6-11)12-7-4-8-13(16)9-12/h4,7-9,11,14-16H,2-3,5-6,10H2,1H3. The number of phenols is 1. The van der Waals surface area contributed by atoms with Gasteiger partial charge in [0.1, 0.15) is 5.75 Å². The molecule has 0 amide bonds. The van der Waals surface area contributed by atoms with Crippen LogP contribution in [0, 0.1) is 5.92 Å². The molecule has 16 heavy (non-hydrogen) atoms. The SMILES string of the molecule is CNCC(c1cccc(O)c1)C1CCCC1. The minimum absolute atomic E-state index is 0.386. The first kappa shape index (κ1) is 11.5. The normalized spacial score (nSPS) is 18.8. The molecule has 2 nitrogen and oxygen atoms in total. The number of hydrogen-bond acceptors (Lipinski definition) is 2. The van der Waals surface area contributed by atoms with Gasteiger partial charge in [-0.25, -0.2) is 0 Å². The van der Waals surface area contributed by atoms with Crippen LogP contribution in [0.25, 0.3) is 0 Å². The van der Waals surface area contributed by atoms with Crippen molar-refractivity contribution in [2.45, 2.75) is 31.6 Å². The van der Waals surface area contributed by atoms with Crippen molar-refractivity contribution in [1.29, 1.82) is 0 Å². The van der Waals surface area contributed by atoms with Crippen LogP contribution in [-0.4, -0.2) is 18.7 Å². The van der Waals surface area contributed by atoms with E-state index in [4.69, 9.17) is 0 Å². The highest BCUT2D eigenvalue weighted by atomic mass is 16.3. The second-order valence-electron chi connectivity index (χ2n) is 4.80. The molecule has 0 spiro atoms. The molecule has 0 saturated heterocycles. The summed E-state index contributed by atoms with van der Waals surface area (Å²) in [7, 11) is 2.00. The maximum absolute atomic E-state index is 9.55. The van der Waals surface area contributed by atoms with E-state index in [2.05, 4.69) is 11.4 Å². The molecule has 1 aromatic rings. The van der Waals surface area contributed by atoms with Crippen molar-refractivity contribution in [3.05, 3.63) is 29.8 Å². The third-order valence-corrected chi connectivity index (χ3v) is 3.69. The predicted molar refractivity (Wildman–Crippen MR) is 66.7 cm³/mol. The molecule has 1 unspecified atom stereocenters. The summed E-state index contributed by atoms with van der Waals surface area (Å²) in [4.78, 5) is 0. The fourth-order valence-corrected chi connectivity index (χ4v) is 2.89. The van der Waals surface area contributed by atoms with Crippen molar-refractivity contribution in [3.8, 4) is 5.75 Å². The summed E-state index contributed by atoms with van der Waals surface area (Å²) < 4.78 is 0. The highest BCUT2D eigenvalue weighted by molar-refractivity contribution is 5.30. The van der Waals surface area contributed by atoms with Gasteiger partial charge in [-0.2, -0.15) is 0 Å². The minimum atomic E-state index is 0.386. The smallest absolute Gasteiger partial charge is 0.115 e. The lowest BCUT2D eigenvalue weighted by atomic mass is 9.85. The van der Waals surface area contributed by atoms with E-state index in [1.807, 2.05) is 19.2 Å². The molecule has 88 valence electrons. The zero-order chi connectivity index (χ0) is 11.4. The summed E-state index contributed by atoms with van der Waals surface area (Å²) in [5, 5.41) is 12.8. The highest BCUT2D eigenvalue weighted by Crippen LogP contribution is 2.37. The predicted octanol–water partition coefficient (Wildman–Crippen LogP) is 2.89. The van der Waals surface area contributed by atoms with Crippen molar-refractivity contribution < 1.29 is 5.11 Å². The summed E-state index contributed by atoms with van der Waals surface area (Å²) in [5.41, 5.74) is 1.28. The van der Waals surface area contributed by atoms with E-state index in [1.165, 1.54) is 31.2 Å². The summed E-state index contributed by atoms with van der Waals surface area (Å²) in [6.07, 6.45) is 5.40. The van der Waals surface area contributed by atoms with Crippen LogP contribution >= 0.6 is 0 Å². The first-order valence-electron chi connectivity index (χ1n) is 6.25. The Hall–Kier alpha value is -1.02. The molecular formula is C14H21NO. The number of benzene rings is 1. The molecule has 1 fully saturated rings. The number of nitrogens with one attached hydrogen (secondary N) is 1. The van der Waals surface area contributed by atoms with Gasteiger partial charge in [-0.15, -0.1) is 0 Å². The van der Waals surface area contributed by atoms with E-state index in [-0.39, 0.29) is 0 Å². The zero-order valence-electron chi connectivity index (χ0n) is 9.95. The fraction of sp³-hybridized carbons (Fsp3) is 0.571. The van der Waals surface area contributed by atoms with E-state index in [0.29, 0.717) is 11.7 Å². The third kappa shape index (κ3) is 2.56. The topological polar surface area (TPSA) is 32.3 Å². The lowest BCUT2D eigenvalue weighted by Crippen LogP contribution is -2.22. The number of likely N-dealkylation sites (N-methyl/N-ethyl adjacent to an activating group) is 1. The lowest BCUT2D eigenvalue weighted by Gasteiger charge is -2.23. The Morgan fingerprint density at radius 1 is 1.38 bits per heavy atom. The molecule has 0 bridgehead atoms. The minimum Gasteiger partial charge on any atom is -0.508 e. The van der Waals surface area contributed by atoms with E-state index in [1.54, 1.807) is 6.07 Å². The number of aromatic hydroxyl groups is 1. The van der Waals surface area contributed by atoms with E-state index < -0.39 is 0 Å². The van der Waals surface area contributed by atoms with Crippen molar-refractivity contribution in [2.75, 3.05) is 13.6 Å². The Balaban J connectivity index is 2.17. The summed E-state index contributed by atoms with van der Waals surface area (Å²) in [6, 6.07) is 7.75. The molecule has 2 heteroatoms. The molecule has 2 N–H and O–H groups in total. The molecule has 0 aliphatic heterocycles. The van der Waals surface area contributed by atoms with Crippen LogP contribution in [0.4, 0.5) is 0 Å². The average Bonchev–Trinajstić information content (AvgIpc) is 2.79. The Morgan fingerprint density at radius 2 is 2.12 bits per heavy atom. The molecule has 1 aliphatic rings. The maximum atomic E-state index is 9.55. The maximum Gasteiger partial charge on any atom is 0.115 e. The molecule has 0 heterocycles. The van der Waals surface area contributed by atoms with Crippen LogP contribution in [0.5, 0.6) is 5.75 Å². The monoisotopic (exact) mass is 219 g/mol. The van der Waals surface area contributed by atoms with Crippen LogP contribution < -0.4 is 5.32 Å². The molecule has 1 atom stereocenters. The van der Waals surface area contributed by atoms with Gasteiger partial charge in [-0.1, -0.05) is 25.0 Å². The quantitative estimate of drug-likeness (QED) is 0.816. The van der Waals surface area contributed by atoms with Gasteiger partial charge < -0.3 is 10.4 Å². The van der Waals surface area contributed by atoms with E-state index in [9.17, 15) is 5.11 Å². The van der Waals surface area contributed by atoms with Gasteiger partial charge in [0.15, 0.2) is 0 Å². The molecule has 2 rings (SSSR count). The first-order chi connectivity index (χ1) is 7.81. The highest BCUT2D eigenvalue weighted by Gasteiger charge is 2.25. The molecule has 1 aromatic carbocycles. The second-order valence-corrected chi connectivity index (χ2v) is 4.80. The Kier molecular flexibility index (Phi) is 3.83. The number of rotatable bonds is 4. The summed E-state index contributed by atoms with van der Waals surface area (Å²) in [6.45, 7) is 1.01. The number of phenolic OH excluding ortho intramolecular Hbond substituents is 1. The molecule has 1 aliphatic carbocycles. The lowest BCUT2D eigenvalue weighted by molar-refractivity contribution is 0.417. The average molecular weight is 219 g/mol. The van der Waals surface area contributed by atoms with Gasteiger partial charge in [0, 0.05) is 6.54 Å². The van der Waals surface area contributed by atoms with Gasteiger partial charge >= 0.3 is 0 Å². The molecule has 0 aromatic heterocycles. The van der Waals surface area contributed by atoms with Crippen molar-refractivity contribution in [2.24, 2.45) is 5.92 Å². The van der Waals surface area contributed by atoms with Crippen LogP contribution in [0.3, 0.4) is 0 Å². The molecular weight excluding hydrogens is 198 g/mol. The van der Waals surface area contributed by atoms with E-state index >= 15 is 0 Å². The van der Waals surface area contributed by atoms with Gasteiger partial charge in [-0.3, -0.25) is 0 Å². The second kappa shape index (κ2) is 5.35. The van der Waals surface area contributed by atoms with Gasteiger partial charge in [0.2, 0.25) is 0 Å². The van der Waals surface area contributed by atoms with Crippen molar-refractivity contribution in [3.63, 3.8) is 0 Å². The van der Waals surface area contributed by atoms with Gasteiger partial charge in [0.25, 0.3) is 0 Å².